The Labute approximate surface area is 235 Å². The van der Waals surface area contributed by atoms with E-state index in [0.717, 1.165) is 37.3 Å². The van der Waals surface area contributed by atoms with Gasteiger partial charge < -0.3 is 0 Å². The maximum Gasteiger partial charge on any atom is 0.474 e. The average Bonchev–Trinajstić information content (AvgIpc) is 2.86. The van der Waals surface area contributed by atoms with Crippen LogP contribution in [0.15, 0.2) is 63.0 Å². The largest absolute Gasteiger partial charge is 0.474 e. The Kier molecular flexibility index (Phi) is 8.23. The number of carbonyl (C=O) groups is 2. The summed E-state index contributed by atoms with van der Waals surface area (Å²) in [6.07, 6.45) is -9.30. The molecule has 0 saturated carbocycles. The zero-order valence-electron chi connectivity index (χ0n) is 21.5. The third kappa shape index (κ3) is 6.09. The number of carbonyl (C=O) groups excluding carboxylic acids is 2. The minimum atomic E-state index is -5.55. The van der Waals surface area contributed by atoms with Gasteiger partial charge in [-0.15, -0.1) is 4.36 Å². The van der Waals surface area contributed by atoms with E-state index in [1.165, 1.54) is 0 Å². The Morgan fingerprint density at radius 2 is 1.60 bits per heavy atom. The topological polar surface area (TPSA) is 152 Å². The SMILES string of the molecule is CC1=C(C#N)[C@@H](c2ccc(C#N)cc2[S@@](C)(=O)=NC(=O)C(F)(F)F)N(S(C)(=O)=O)C(=O)N1c1cccc(C(F)(F)F)c1. The predicted octanol–water partition coefficient (Wildman–Crippen LogP) is 4.86. The van der Waals surface area contributed by atoms with Gasteiger partial charge in [0.2, 0.25) is 10.0 Å². The number of nitriles is 2. The van der Waals surface area contributed by atoms with Gasteiger partial charge in [-0.05, 0) is 42.8 Å². The molecule has 2 atom stereocenters. The zero-order valence-corrected chi connectivity index (χ0v) is 23.1. The number of sulfonamides is 1. The first-order valence-electron chi connectivity index (χ1n) is 11.1. The van der Waals surface area contributed by atoms with Crippen LogP contribution in [0.5, 0.6) is 0 Å². The molecule has 3 amide bonds. The van der Waals surface area contributed by atoms with Gasteiger partial charge in [-0.25, -0.2) is 21.7 Å². The molecule has 0 spiro atoms. The molecule has 1 heterocycles. The monoisotopic (exact) mass is 633 g/mol. The van der Waals surface area contributed by atoms with E-state index in [9.17, 15) is 59.1 Å². The first-order valence-corrected chi connectivity index (χ1v) is 14.9. The van der Waals surface area contributed by atoms with Crippen molar-refractivity contribution in [1.29, 1.82) is 10.5 Å². The van der Waals surface area contributed by atoms with Crippen LogP contribution in [0.1, 0.15) is 29.7 Å². The Bertz CT molecular complexity index is 1850. The van der Waals surface area contributed by atoms with Crippen molar-refractivity contribution < 1.29 is 48.6 Å². The molecule has 0 unspecified atom stereocenters. The van der Waals surface area contributed by atoms with Gasteiger partial charge in [-0.3, -0.25) is 9.69 Å². The van der Waals surface area contributed by atoms with E-state index in [1.807, 2.05) is 0 Å². The molecule has 0 saturated heterocycles. The van der Waals surface area contributed by atoms with Crippen molar-refractivity contribution >= 4 is 37.4 Å². The highest BCUT2D eigenvalue weighted by atomic mass is 32.2. The summed E-state index contributed by atoms with van der Waals surface area (Å²) in [5, 5.41) is 19.4. The second-order valence-corrected chi connectivity index (χ2v) is 12.9. The van der Waals surface area contributed by atoms with Crippen LogP contribution < -0.4 is 4.90 Å². The number of nitrogens with zero attached hydrogens (tertiary/aromatic N) is 5. The second-order valence-electron chi connectivity index (χ2n) is 8.80. The van der Waals surface area contributed by atoms with Crippen LogP contribution in [0, 0.1) is 22.7 Å². The molecule has 0 aromatic heterocycles. The van der Waals surface area contributed by atoms with Gasteiger partial charge in [-0.2, -0.15) is 36.9 Å². The summed E-state index contributed by atoms with van der Waals surface area (Å²) in [5.74, 6) is -2.76. The minimum Gasteiger partial charge on any atom is -0.265 e. The van der Waals surface area contributed by atoms with E-state index in [4.69, 9.17) is 0 Å². The molecule has 2 aromatic rings. The number of hydrogen-bond acceptors (Lipinski definition) is 7. The van der Waals surface area contributed by atoms with E-state index >= 15 is 0 Å². The first kappa shape index (κ1) is 32.1. The van der Waals surface area contributed by atoms with Crippen LogP contribution >= 0.6 is 0 Å². The molecule has 10 nitrogen and oxygen atoms in total. The van der Waals surface area contributed by atoms with Crippen LogP contribution in [0.25, 0.3) is 0 Å². The summed E-state index contributed by atoms with van der Waals surface area (Å²) in [6.45, 7) is 1.10. The number of hydrogen-bond donors (Lipinski definition) is 0. The number of rotatable bonds is 4. The summed E-state index contributed by atoms with van der Waals surface area (Å²) in [7, 11) is -9.17. The Morgan fingerprint density at radius 1 is 0.976 bits per heavy atom. The lowest BCUT2D eigenvalue weighted by Gasteiger charge is -2.40. The van der Waals surface area contributed by atoms with Gasteiger partial charge >= 0.3 is 24.3 Å². The van der Waals surface area contributed by atoms with Gasteiger partial charge in [0.15, 0.2) is 0 Å². The Morgan fingerprint density at radius 3 is 2.10 bits per heavy atom. The van der Waals surface area contributed by atoms with Crippen LogP contribution in [-0.4, -0.2) is 47.6 Å². The molecule has 2 aromatic carbocycles. The molecule has 222 valence electrons. The highest BCUT2D eigenvalue weighted by Crippen LogP contribution is 2.43. The lowest BCUT2D eigenvalue weighted by atomic mass is 9.94. The smallest absolute Gasteiger partial charge is 0.265 e. The molecule has 0 aliphatic carbocycles. The molecule has 0 fully saturated rings. The zero-order chi connectivity index (χ0) is 32.0. The van der Waals surface area contributed by atoms with E-state index in [1.54, 1.807) is 12.1 Å². The number of amides is 3. The Balaban J connectivity index is 2.44. The third-order valence-electron chi connectivity index (χ3n) is 5.87. The van der Waals surface area contributed by atoms with Crippen LogP contribution in [0.4, 0.5) is 36.8 Å². The molecule has 18 heteroatoms. The first-order chi connectivity index (χ1) is 19.1. The van der Waals surface area contributed by atoms with Crippen molar-refractivity contribution in [2.45, 2.75) is 30.2 Å². The van der Waals surface area contributed by atoms with Gasteiger partial charge in [0.25, 0.3) is 0 Å². The second kappa shape index (κ2) is 10.8. The normalized spacial score (nSPS) is 17.8. The van der Waals surface area contributed by atoms with E-state index in [-0.39, 0.29) is 15.6 Å². The quantitative estimate of drug-likeness (QED) is 0.436. The summed E-state index contributed by atoms with van der Waals surface area (Å²) in [5.41, 5.74) is -3.50. The van der Waals surface area contributed by atoms with Crippen molar-refractivity contribution in [1.82, 2.24) is 4.31 Å². The molecule has 0 bridgehead atoms. The molecule has 1 aliphatic rings. The van der Waals surface area contributed by atoms with Gasteiger partial charge in [-0.1, -0.05) is 12.1 Å². The maximum atomic E-state index is 13.7. The lowest BCUT2D eigenvalue weighted by molar-refractivity contribution is -0.169. The fourth-order valence-electron chi connectivity index (χ4n) is 4.09. The van der Waals surface area contributed by atoms with Crippen molar-refractivity contribution in [2.24, 2.45) is 4.36 Å². The van der Waals surface area contributed by atoms with E-state index < -0.39 is 77.4 Å². The fraction of sp³-hybridized carbons (Fsp3) is 0.250. The Hall–Kier alpha value is -4.42. The number of urea groups is 1. The number of allylic oxidation sites excluding steroid dienone is 1. The standard InChI is InChI=1S/C24H17F6N5O5S2/c1-13-18(12-32)20(17-8-7-14(11-31)9-19(17)41(2,38)33-21(36)24(28,29)30)35(42(3,39)40)22(37)34(13)16-6-4-5-15(10-16)23(25,26)27/h4-10,20H,1-3H3/t20-,41-/m1/s1. The van der Waals surface area contributed by atoms with Crippen LogP contribution in [0.3, 0.4) is 0 Å². The summed E-state index contributed by atoms with van der Waals surface area (Å²) in [4.78, 5) is 25.0. The number of alkyl halides is 6. The van der Waals surface area contributed by atoms with E-state index in [2.05, 4.69) is 4.36 Å². The van der Waals surface area contributed by atoms with Gasteiger partial charge in [0, 0.05) is 12.0 Å². The minimum absolute atomic E-state index is 0.0742. The van der Waals surface area contributed by atoms with Gasteiger partial charge in [0.1, 0.15) is 6.04 Å². The molecular weight excluding hydrogens is 616 g/mol. The lowest BCUT2D eigenvalue weighted by Crippen LogP contribution is -2.51. The molecule has 3 rings (SSSR count). The van der Waals surface area contributed by atoms with Crippen molar-refractivity contribution in [3.63, 3.8) is 0 Å². The number of benzene rings is 2. The molecule has 1 aliphatic heterocycles. The number of halogens is 6. The average molecular weight is 634 g/mol. The molecule has 42 heavy (non-hydrogen) atoms. The van der Waals surface area contributed by atoms with Crippen LogP contribution in [-0.2, 0) is 30.7 Å². The maximum absolute atomic E-state index is 13.7. The molecular formula is C24H17F6N5O5S2. The molecule has 0 N–H and O–H groups in total. The predicted molar refractivity (Wildman–Crippen MR) is 134 cm³/mol. The summed E-state index contributed by atoms with van der Waals surface area (Å²) >= 11 is 0. The van der Waals surface area contributed by atoms with Crippen LogP contribution in [0.2, 0.25) is 0 Å². The highest BCUT2D eigenvalue weighted by Gasteiger charge is 2.47. The third-order valence-corrected chi connectivity index (χ3v) is 8.63. The fourth-order valence-corrected chi connectivity index (χ4v) is 6.54. The van der Waals surface area contributed by atoms with Crippen molar-refractivity contribution in [3.8, 4) is 12.1 Å². The van der Waals surface area contributed by atoms with Crippen molar-refractivity contribution in [3.05, 3.63) is 70.4 Å². The summed E-state index contributed by atoms with van der Waals surface area (Å²) in [6, 6.07) is 5.69. The van der Waals surface area contributed by atoms with Crippen molar-refractivity contribution in [2.75, 3.05) is 17.4 Å². The number of anilines is 1. The highest BCUT2D eigenvalue weighted by molar-refractivity contribution is 7.93. The summed E-state index contributed by atoms with van der Waals surface area (Å²) < 4.78 is 121. The van der Waals surface area contributed by atoms with Gasteiger partial charge in [0.05, 0.1) is 55.4 Å². The van der Waals surface area contributed by atoms with E-state index in [0.29, 0.717) is 29.5 Å². The molecule has 0 radical (unpaired) electrons.